The van der Waals surface area contributed by atoms with Gasteiger partial charge in [0, 0.05) is 0 Å². The fourth-order valence-corrected chi connectivity index (χ4v) is 6.57. The van der Waals surface area contributed by atoms with Crippen molar-refractivity contribution in [1.29, 1.82) is 0 Å². The predicted molar refractivity (Wildman–Crippen MR) is 90.7 cm³/mol. The lowest BCUT2D eigenvalue weighted by atomic mass is 9.73. The van der Waals surface area contributed by atoms with E-state index in [0.29, 0.717) is 4.90 Å². The molecule has 3 heteroatoms. The van der Waals surface area contributed by atoms with Crippen LogP contribution in [0.1, 0.15) is 63.4 Å². The van der Waals surface area contributed by atoms with E-state index < -0.39 is 9.84 Å². The van der Waals surface area contributed by atoms with Gasteiger partial charge in [-0.05, 0) is 56.1 Å². The minimum Gasteiger partial charge on any atom is -0.223 e. The molecule has 2 saturated carbocycles. The van der Waals surface area contributed by atoms with Crippen molar-refractivity contribution in [3.05, 3.63) is 29.8 Å². The van der Waals surface area contributed by atoms with E-state index in [1.54, 1.807) is 6.07 Å². The maximum atomic E-state index is 12.9. The van der Waals surface area contributed by atoms with Crippen LogP contribution < -0.4 is 0 Å². The lowest BCUT2D eigenvalue weighted by Gasteiger charge is -2.35. The standard InChI is InChI=1S/C19H28O2S/c1-15-7-5-6-10-19(15)22(20,21)18-13-11-17(12-14-18)16-8-3-2-4-9-16/h5-7,10,16-18H,2-4,8-9,11-14H2,1H3/t17-,18-. The zero-order chi connectivity index (χ0) is 15.6. The Labute approximate surface area is 135 Å². The lowest BCUT2D eigenvalue weighted by molar-refractivity contribution is 0.197. The van der Waals surface area contributed by atoms with Crippen LogP contribution in [0.2, 0.25) is 0 Å². The molecule has 2 nitrogen and oxygen atoms in total. The highest BCUT2D eigenvalue weighted by molar-refractivity contribution is 7.92. The molecule has 0 radical (unpaired) electrons. The van der Waals surface area contributed by atoms with E-state index in [-0.39, 0.29) is 5.25 Å². The van der Waals surface area contributed by atoms with Crippen LogP contribution in [0.15, 0.2) is 29.2 Å². The SMILES string of the molecule is Cc1ccccc1S(=O)(=O)[C@H]1CC[C@H](C2CCCCC2)CC1. The molecule has 2 fully saturated rings. The van der Waals surface area contributed by atoms with Crippen LogP contribution >= 0.6 is 0 Å². The van der Waals surface area contributed by atoms with Gasteiger partial charge in [0.15, 0.2) is 9.84 Å². The Kier molecular flexibility index (Phi) is 4.91. The Morgan fingerprint density at radius 3 is 2.05 bits per heavy atom. The van der Waals surface area contributed by atoms with Crippen LogP contribution in [0.3, 0.4) is 0 Å². The Balaban J connectivity index is 1.67. The molecular formula is C19H28O2S. The highest BCUT2D eigenvalue weighted by Gasteiger charge is 2.35. The van der Waals surface area contributed by atoms with Crippen molar-refractivity contribution in [2.24, 2.45) is 11.8 Å². The molecule has 0 heterocycles. The topological polar surface area (TPSA) is 34.1 Å². The van der Waals surface area contributed by atoms with Gasteiger partial charge < -0.3 is 0 Å². The summed E-state index contributed by atoms with van der Waals surface area (Å²) in [5, 5.41) is -0.159. The normalized spacial score (nSPS) is 27.7. The maximum absolute atomic E-state index is 12.9. The van der Waals surface area contributed by atoms with Gasteiger partial charge in [-0.1, -0.05) is 50.3 Å². The summed E-state index contributed by atoms with van der Waals surface area (Å²) in [6, 6.07) is 7.43. The molecule has 0 N–H and O–H groups in total. The number of hydrogen-bond donors (Lipinski definition) is 0. The van der Waals surface area contributed by atoms with E-state index >= 15 is 0 Å². The van der Waals surface area contributed by atoms with Crippen molar-refractivity contribution in [3.8, 4) is 0 Å². The quantitative estimate of drug-likeness (QED) is 0.793. The summed E-state index contributed by atoms with van der Waals surface area (Å²) in [5.74, 6) is 1.65. The molecule has 2 aliphatic carbocycles. The fraction of sp³-hybridized carbons (Fsp3) is 0.684. The van der Waals surface area contributed by atoms with E-state index in [1.165, 1.54) is 32.1 Å². The molecule has 1 aromatic carbocycles. The first kappa shape index (κ1) is 16.0. The Bertz CT molecular complexity index is 592. The first-order valence-corrected chi connectivity index (χ1v) is 10.4. The molecule has 0 spiro atoms. The predicted octanol–water partition coefficient (Wildman–Crippen LogP) is 4.91. The summed E-state index contributed by atoms with van der Waals surface area (Å²) in [6.45, 7) is 1.90. The summed E-state index contributed by atoms with van der Waals surface area (Å²) >= 11 is 0. The van der Waals surface area contributed by atoms with Gasteiger partial charge in [0.25, 0.3) is 0 Å². The first-order chi connectivity index (χ1) is 10.6. The van der Waals surface area contributed by atoms with Gasteiger partial charge in [-0.15, -0.1) is 0 Å². The molecule has 0 atom stereocenters. The molecule has 1 aromatic rings. The summed E-state index contributed by atoms with van der Waals surface area (Å²) in [4.78, 5) is 0.552. The third-order valence-electron chi connectivity index (χ3n) is 5.87. The summed E-state index contributed by atoms with van der Waals surface area (Å²) in [5.41, 5.74) is 0.886. The van der Waals surface area contributed by atoms with Crippen molar-refractivity contribution >= 4 is 9.84 Å². The Morgan fingerprint density at radius 1 is 0.818 bits per heavy atom. The Hall–Kier alpha value is -0.830. The summed E-state index contributed by atoms with van der Waals surface area (Å²) in [6.07, 6.45) is 10.8. The molecule has 122 valence electrons. The van der Waals surface area contributed by atoms with Crippen molar-refractivity contribution < 1.29 is 8.42 Å². The van der Waals surface area contributed by atoms with Crippen molar-refractivity contribution in [2.75, 3.05) is 0 Å². The average Bonchev–Trinajstić information content (AvgIpc) is 2.56. The number of hydrogen-bond acceptors (Lipinski definition) is 2. The highest BCUT2D eigenvalue weighted by Crippen LogP contribution is 2.40. The first-order valence-electron chi connectivity index (χ1n) is 8.88. The van der Waals surface area contributed by atoms with Crippen molar-refractivity contribution in [2.45, 2.75) is 74.9 Å². The minimum absolute atomic E-state index is 0.159. The molecule has 0 saturated heterocycles. The number of aryl methyl sites for hydroxylation is 1. The molecule has 0 amide bonds. The zero-order valence-electron chi connectivity index (χ0n) is 13.6. The van der Waals surface area contributed by atoms with Crippen molar-refractivity contribution in [1.82, 2.24) is 0 Å². The van der Waals surface area contributed by atoms with Gasteiger partial charge in [-0.3, -0.25) is 0 Å². The third-order valence-corrected chi connectivity index (χ3v) is 8.29. The third kappa shape index (κ3) is 3.24. The summed E-state index contributed by atoms with van der Waals surface area (Å²) < 4.78 is 25.8. The molecule has 0 bridgehead atoms. The van der Waals surface area contributed by atoms with Crippen LogP contribution in [0.5, 0.6) is 0 Å². The average molecular weight is 320 g/mol. The molecular weight excluding hydrogens is 292 g/mol. The second-order valence-electron chi connectivity index (χ2n) is 7.25. The fourth-order valence-electron chi connectivity index (χ4n) is 4.53. The molecule has 0 unspecified atom stereocenters. The number of sulfone groups is 1. The smallest absolute Gasteiger partial charge is 0.181 e. The lowest BCUT2D eigenvalue weighted by Crippen LogP contribution is -2.31. The molecule has 2 aliphatic rings. The van der Waals surface area contributed by atoms with Crippen LogP contribution in [-0.2, 0) is 9.84 Å². The molecule has 22 heavy (non-hydrogen) atoms. The van der Waals surface area contributed by atoms with Crippen LogP contribution in [0.4, 0.5) is 0 Å². The van der Waals surface area contributed by atoms with Crippen LogP contribution in [-0.4, -0.2) is 13.7 Å². The second-order valence-corrected chi connectivity index (χ2v) is 9.44. The largest absolute Gasteiger partial charge is 0.223 e. The monoisotopic (exact) mass is 320 g/mol. The molecule has 0 aliphatic heterocycles. The van der Waals surface area contributed by atoms with Gasteiger partial charge in [0.2, 0.25) is 0 Å². The molecule has 3 rings (SSSR count). The van der Waals surface area contributed by atoms with Crippen molar-refractivity contribution in [3.63, 3.8) is 0 Å². The van der Waals surface area contributed by atoms with E-state index in [1.807, 2.05) is 25.1 Å². The Morgan fingerprint density at radius 2 is 1.41 bits per heavy atom. The van der Waals surface area contributed by atoms with Gasteiger partial charge >= 0.3 is 0 Å². The van der Waals surface area contributed by atoms with Gasteiger partial charge in [0.05, 0.1) is 10.1 Å². The highest BCUT2D eigenvalue weighted by atomic mass is 32.2. The zero-order valence-corrected chi connectivity index (χ0v) is 14.4. The van der Waals surface area contributed by atoms with Gasteiger partial charge in [-0.25, -0.2) is 8.42 Å². The van der Waals surface area contributed by atoms with Crippen LogP contribution in [0.25, 0.3) is 0 Å². The van der Waals surface area contributed by atoms with E-state index in [4.69, 9.17) is 0 Å². The summed E-state index contributed by atoms with van der Waals surface area (Å²) in [7, 11) is -3.15. The van der Waals surface area contributed by atoms with Gasteiger partial charge in [0.1, 0.15) is 0 Å². The van der Waals surface area contributed by atoms with E-state index in [0.717, 1.165) is 43.1 Å². The minimum atomic E-state index is -3.15. The second kappa shape index (κ2) is 6.74. The number of benzene rings is 1. The van der Waals surface area contributed by atoms with Crippen LogP contribution in [0, 0.1) is 18.8 Å². The molecule has 0 aromatic heterocycles. The number of rotatable bonds is 3. The van der Waals surface area contributed by atoms with E-state index in [9.17, 15) is 8.42 Å². The van der Waals surface area contributed by atoms with Gasteiger partial charge in [-0.2, -0.15) is 0 Å². The maximum Gasteiger partial charge on any atom is 0.181 e. The van der Waals surface area contributed by atoms with E-state index in [2.05, 4.69) is 0 Å².